The average Bonchev–Trinajstić information content (AvgIpc) is 2.80. The van der Waals surface area contributed by atoms with E-state index in [0.717, 1.165) is 43.4 Å². The summed E-state index contributed by atoms with van der Waals surface area (Å²) in [5, 5.41) is 0. The molecule has 1 amide bonds. The normalized spacial score (nSPS) is 15.1. The minimum absolute atomic E-state index is 0.0282. The van der Waals surface area contributed by atoms with Crippen LogP contribution in [-0.4, -0.2) is 50.3 Å². The Balaban J connectivity index is 1.72. The molecule has 2 aromatic rings. The standard InChI is InChI=1S/C24H32N2O4S/c1-4-30-22-15-13-19(14-16-22)18-25(2)24(27)20-9-8-12-23(17-20)31(28,29)26(3)21-10-6-5-7-11-21/h8-9,12-17,21H,4-7,10-11,18H2,1-3H3. The van der Waals surface area contributed by atoms with Crippen LogP contribution >= 0.6 is 0 Å². The SMILES string of the molecule is CCOc1ccc(CN(C)C(=O)c2cccc(S(=O)(=O)N(C)C3CCCCC3)c2)cc1. The second kappa shape index (κ2) is 10.3. The minimum Gasteiger partial charge on any atom is -0.494 e. The molecule has 3 rings (SSSR count). The summed E-state index contributed by atoms with van der Waals surface area (Å²) in [6.07, 6.45) is 5.05. The third-order valence-corrected chi connectivity index (χ3v) is 7.75. The third-order valence-electron chi connectivity index (χ3n) is 5.85. The molecule has 0 N–H and O–H groups in total. The van der Waals surface area contributed by atoms with Crippen molar-refractivity contribution in [2.45, 2.75) is 56.5 Å². The highest BCUT2D eigenvalue weighted by Gasteiger charge is 2.29. The second-order valence-corrected chi connectivity index (χ2v) is 10.1. The Morgan fingerprint density at radius 2 is 1.71 bits per heavy atom. The van der Waals surface area contributed by atoms with E-state index in [-0.39, 0.29) is 16.8 Å². The molecule has 0 atom stereocenters. The Morgan fingerprint density at radius 3 is 2.35 bits per heavy atom. The lowest BCUT2D eigenvalue weighted by molar-refractivity contribution is 0.0785. The van der Waals surface area contributed by atoms with Gasteiger partial charge in [0.05, 0.1) is 11.5 Å². The highest BCUT2D eigenvalue weighted by molar-refractivity contribution is 7.89. The maximum absolute atomic E-state index is 13.1. The van der Waals surface area contributed by atoms with Crippen molar-refractivity contribution in [1.29, 1.82) is 0 Å². The van der Waals surface area contributed by atoms with Gasteiger partial charge >= 0.3 is 0 Å². The molecule has 1 saturated carbocycles. The Hall–Kier alpha value is -2.38. The van der Waals surface area contributed by atoms with E-state index in [1.165, 1.54) is 10.4 Å². The van der Waals surface area contributed by atoms with Crippen molar-refractivity contribution in [3.8, 4) is 5.75 Å². The Morgan fingerprint density at radius 1 is 1.03 bits per heavy atom. The maximum atomic E-state index is 13.1. The smallest absolute Gasteiger partial charge is 0.253 e. The molecule has 2 aromatic carbocycles. The molecule has 1 aliphatic carbocycles. The van der Waals surface area contributed by atoms with Gasteiger partial charge in [0.2, 0.25) is 10.0 Å². The minimum atomic E-state index is -3.64. The van der Waals surface area contributed by atoms with Gasteiger partial charge in [0.25, 0.3) is 5.91 Å². The fourth-order valence-corrected chi connectivity index (χ4v) is 5.48. The quantitative estimate of drug-likeness (QED) is 0.608. The van der Waals surface area contributed by atoms with Gasteiger partial charge in [-0.1, -0.05) is 37.5 Å². The summed E-state index contributed by atoms with van der Waals surface area (Å²) in [7, 11) is -0.274. The summed E-state index contributed by atoms with van der Waals surface area (Å²) < 4.78 is 33.2. The van der Waals surface area contributed by atoms with Crippen LogP contribution in [0.3, 0.4) is 0 Å². The van der Waals surface area contributed by atoms with Crippen LogP contribution in [0.25, 0.3) is 0 Å². The molecule has 0 aliphatic heterocycles. The fourth-order valence-electron chi connectivity index (χ4n) is 4.02. The maximum Gasteiger partial charge on any atom is 0.253 e. The summed E-state index contributed by atoms with van der Waals surface area (Å²) in [4.78, 5) is 14.7. The molecular weight excluding hydrogens is 412 g/mol. The molecule has 6 nitrogen and oxygen atoms in total. The van der Waals surface area contributed by atoms with E-state index in [2.05, 4.69) is 0 Å². The third kappa shape index (κ3) is 5.66. The molecule has 168 valence electrons. The number of benzene rings is 2. The first-order chi connectivity index (χ1) is 14.8. The van der Waals surface area contributed by atoms with Gasteiger partial charge in [0.15, 0.2) is 0 Å². The predicted molar refractivity (Wildman–Crippen MR) is 122 cm³/mol. The number of carbonyl (C=O) groups is 1. The number of amides is 1. The highest BCUT2D eigenvalue weighted by atomic mass is 32.2. The number of ether oxygens (including phenoxy) is 1. The van der Waals surface area contributed by atoms with Crippen molar-refractivity contribution in [3.05, 3.63) is 59.7 Å². The van der Waals surface area contributed by atoms with E-state index >= 15 is 0 Å². The van der Waals surface area contributed by atoms with Crippen LogP contribution in [0.15, 0.2) is 53.4 Å². The summed E-state index contributed by atoms with van der Waals surface area (Å²) in [5.74, 6) is 0.575. The van der Waals surface area contributed by atoms with Crippen molar-refractivity contribution >= 4 is 15.9 Å². The van der Waals surface area contributed by atoms with E-state index in [9.17, 15) is 13.2 Å². The zero-order valence-electron chi connectivity index (χ0n) is 18.6. The molecule has 7 heteroatoms. The van der Waals surface area contributed by atoms with Crippen LogP contribution in [-0.2, 0) is 16.6 Å². The summed E-state index contributed by atoms with van der Waals surface area (Å²) in [5.41, 5.74) is 1.34. The van der Waals surface area contributed by atoms with Crippen LogP contribution < -0.4 is 4.74 Å². The van der Waals surface area contributed by atoms with Crippen molar-refractivity contribution in [2.75, 3.05) is 20.7 Å². The molecule has 31 heavy (non-hydrogen) atoms. The number of carbonyl (C=O) groups excluding carboxylic acids is 1. The van der Waals surface area contributed by atoms with E-state index < -0.39 is 10.0 Å². The topological polar surface area (TPSA) is 66.9 Å². The van der Waals surface area contributed by atoms with Gasteiger partial charge in [0, 0.05) is 32.2 Å². The molecule has 0 saturated heterocycles. The fraction of sp³-hybridized carbons (Fsp3) is 0.458. The lowest BCUT2D eigenvalue weighted by Gasteiger charge is -2.30. The van der Waals surface area contributed by atoms with Crippen LogP contribution in [0.1, 0.15) is 54.9 Å². The van der Waals surface area contributed by atoms with Gasteiger partial charge in [-0.05, 0) is 55.7 Å². The van der Waals surface area contributed by atoms with Gasteiger partial charge in [0.1, 0.15) is 5.75 Å². The lowest BCUT2D eigenvalue weighted by Crippen LogP contribution is -2.38. The highest BCUT2D eigenvalue weighted by Crippen LogP contribution is 2.27. The summed E-state index contributed by atoms with van der Waals surface area (Å²) in [6, 6.07) is 14.0. The van der Waals surface area contributed by atoms with Crippen LogP contribution in [0, 0.1) is 0 Å². The first-order valence-corrected chi connectivity index (χ1v) is 12.3. The van der Waals surface area contributed by atoms with Crippen molar-refractivity contribution < 1.29 is 17.9 Å². The molecule has 0 heterocycles. The molecule has 0 radical (unpaired) electrons. The molecule has 1 aliphatic rings. The Bertz CT molecular complexity index is 983. The van der Waals surface area contributed by atoms with E-state index in [1.807, 2.05) is 31.2 Å². The molecule has 1 fully saturated rings. The van der Waals surface area contributed by atoms with Gasteiger partial charge in [-0.3, -0.25) is 4.79 Å². The van der Waals surface area contributed by atoms with Gasteiger partial charge in [-0.25, -0.2) is 8.42 Å². The van der Waals surface area contributed by atoms with E-state index in [4.69, 9.17) is 4.74 Å². The Kier molecular flexibility index (Phi) is 7.73. The number of rotatable bonds is 8. The van der Waals surface area contributed by atoms with Crippen LogP contribution in [0.5, 0.6) is 5.75 Å². The van der Waals surface area contributed by atoms with Crippen molar-refractivity contribution in [3.63, 3.8) is 0 Å². The van der Waals surface area contributed by atoms with Crippen molar-refractivity contribution in [1.82, 2.24) is 9.21 Å². The zero-order chi connectivity index (χ0) is 22.4. The number of nitrogens with zero attached hydrogens (tertiary/aromatic N) is 2. The largest absolute Gasteiger partial charge is 0.494 e. The summed E-state index contributed by atoms with van der Waals surface area (Å²) in [6.45, 7) is 2.96. The Labute approximate surface area is 185 Å². The van der Waals surface area contributed by atoms with E-state index in [0.29, 0.717) is 18.7 Å². The molecule has 0 spiro atoms. The molecule has 0 aromatic heterocycles. The number of hydrogen-bond donors (Lipinski definition) is 0. The first-order valence-electron chi connectivity index (χ1n) is 10.9. The monoisotopic (exact) mass is 444 g/mol. The van der Waals surface area contributed by atoms with E-state index in [1.54, 1.807) is 37.2 Å². The second-order valence-electron chi connectivity index (χ2n) is 8.08. The molecule has 0 bridgehead atoms. The van der Waals surface area contributed by atoms with Crippen molar-refractivity contribution in [2.24, 2.45) is 0 Å². The zero-order valence-corrected chi connectivity index (χ0v) is 19.4. The van der Waals surface area contributed by atoms with Gasteiger partial charge < -0.3 is 9.64 Å². The summed E-state index contributed by atoms with van der Waals surface area (Å²) >= 11 is 0. The number of hydrogen-bond acceptors (Lipinski definition) is 4. The average molecular weight is 445 g/mol. The van der Waals surface area contributed by atoms with Gasteiger partial charge in [-0.15, -0.1) is 0 Å². The van der Waals surface area contributed by atoms with Gasteiger partial charge in [-0.2, -0.15) is 4.31 Å². The molecule has 0 unspecified atom stereocenters. The van der Waals surface area contributed by atoms with Crippen LogP contribution in [0.4, 0.5) is 0 Å². The lowest BCUT2D eigenvalue weighted by atomic mass is 9.96. The first kappa shape index (κ1) is 23.3. The van der Waals surface area contributed by atoms with Crippen LogP contribution in [0.2, 0.25) is 0 Å². The predicted octanol–water partition coefficient (Wildman–Crippen LogP) is 4.31. The number of sulfonamides is 1. The molecular formula is C24H32N2O4S.